The standard InChI is InChI=1S/C18H24N2O3/c1-15-6-8-16(9-7-15)23-12-10-19(2)14-18(21)20(3)13-17-5-4-11-22-17/h4-9,11H,10,12-14H2,1-3H3. The molecule has 0 unspecified atom stereocenters. The number of hydrogen-bond acceptors (Lipinski definition) is 4. The van der Waals surface area contributed by atoms with E-state index in [4.69, 9.17) is 9.15 Å². The van der Waals surface area contributed by atoms with Crippen molar-refractivity contribution < 1.29 is 13.9 Å². The van der Waals surface area contributed by atoms with Gasteiger partial charge in [-0.3, -0.25) is 9.69 Å². The minimum atomic E-state index is 0.0548. The van der Waals surface area contributed by atoms with E-state index in [-0.39, 0.29) is 5.91 Å². The van der Waals surface area contributed by atoms with Crippen LogP contribution in [-0.2, 0) is 11.3 Å². The number of hydrogen-bond donors (Lipinski definition) is 0. The Morgan fingerprint density at radius 1 is 1.17 bits per heavy atom. The number of benzene rings is 1. The van der Waals surface area contributed by atoms with Gasteiger partial charge in [-0.25, -0.2) is 0 Å². The van der Waals surface area contributed by atoms with Crippen LogP contribution in [0.25, 0.3) is 0 Å². The second-order valence-corrected chi connectivity index (χ2v) is 5.73. The highest BCUT2D eigenvalue weighted by Gasteiger charge is 2.13. The van der Waals surface area contributed by atoms with E-state index in [0.717, 1.165) is 11.5 Å². The third-order valence-corrected chi connectivity index (χ3v) is 3.57. The topological polar surface area (TPSA) is 45.9 Å². The monoisotopic (exact) mass is 316 g/mol. The molecule has 124 valence electrons. The summed E-state index contributed by atoms with van der Waals surface area (Å²) >= 11 is 0. The molecule has 0 fully saturated rings. The van der Waals surface area contributed by atoms with Gasteiger partial charge in [-0.2, -0.15) is 0 Å². The molecule has 0 spiro atoms. The lowest BCUT2D eigenvalue weighted by Gasteiger charge is -2.21. The summed E-state index contributed by atoms with van der Waals surface area (Å²) in [6.07, 6.45) is 1.61. The van der Waals surface area contributed by atoms with Crippen LogP contribution in [0.15, 0.2) is 47.1 Å². The predicted molar refractivity (Wildman–Crippen MR) is 89.4 cm³/mol. The maximum Gasteiger partial charge on any atom is 0.236 e. The Morgan fingerprint density at radius 2 is 1.91 bits per heavy atom. The summed E-state index contributed by atoms with van der Waals surface area (Å²) in [5.74, 6) is 1.69. The first kappa shape index (κ1) is 17.1. The summed E-state index contributed by atoms with van der Waals surface area (Å²) in [6, 6.07) is 11.6. The third-order valence-electron chi connectivity index (χ3n) is 3.57. The van der Waals surface area contributed by atoms with Crippen molar-refractivity contribution in [2.45, 2.75) is 13.5 Å². The van der Waals surface area contributed by atoms with E-state index in [1.807, 2.05) is 55.3 Å². The summed E-state index contributed by atoms with van der Waals surface area (Å²) in [7, 11) is 3.69. The maximum atomic E-state index is 12.2. The zero-order chi connectivity index (χ0) is 16.7. The second-order valence-electron chi connectivity index (χ2n) is 5.73. The normalized spacial score (nSPS) is 10.8. The molecule has 0 saturated carbocycles. The number of nitrogens with zero attached hydrogens (tertiary/aromatic N) is 2. The van der Waals surface area contributed by atoms with Crippen molar-refractivity contribution in [3.8, 4) is 5.75 Å². The lowest BCUT2D eigenvalue weighted by molar-refractivity contribution is -0.131. The summed E-state index contributed by atoms with van der Waals surface area (Å²) in [6.45, 7) is 4.12. The fraction of sp³-hybridized carbons (Fsp3) is 0.389. The quantitative estimate of drug-likeness (QED) is 0.751. The number of aryl methyl sites for hydroxylation is 1. The summed E-state index contributed by atoms with van der Waals surface area (Å²) < 4.78 is 10.9. The summed E-state index contributed by atoms with van der Waals surface area (Å²) in [4.78, 5) is 15.8. The largest absolute Gasteiger partial charge is 0.492 e. The van der Waals surface area contributed by atoms with E-state index in [2.05, 4.69) is 0 Å². The molecule has 1 amide bonds. The molecule has 0 aliphatic heterocycles. The summed E-state index contributed by atoms with van der Waals surface area (Å²) in [5.41, 5.74) is 1.21. The van der Waals surface area contributed by atoms with Crippen LogP contribution < -0.4 is 4.74 Å². The molecular weight excluding hydrogens is 292 g/mol. The molecule has 0 radical (unpaired) electrons. The molecular formula is C18H24N2O3. The van der Waals surface area contributed by atoms with Gasteiger partial charge in [0.1, 0.15) is 18.1 Å². The molecule has 5 nitrogen and oxygen atoms in total. The van der Waals surface area contributed by atoms with Crippen molar-refractivity contribution in [1.82, 2.24) is 9.80 Å². The molecule has 0 saturated heterocycles. The van der Waals surface area contributed by atoms with Crippen LogP contribution >= 0.6 is 0 Å². The fourth-order valence-corrected chi connectivity index (χ4v) is 2.11. The lowest BCUT2D eigenvalue weighted by Crippen LogP contribution is -2.37. The van der Waals surface area contributed by atoms with Crippen molar-refractivity contribution in [3.63, 3.8) is 0 Å². The summed E-state index contributed by atoms with van der Waals surface area (Å²) in [5, 5.41) is 0. The molecule has 1 aromatic carbocycles. The van der Waals surface area contributed by atoms with E-state index in [1.165, 1.54) is 5.56 Å². The van der Waals surface area contributed by atoms with Gasteiger partial charge in [0.2, 0.25) is 5.91 Å². The fourth-order valence-electron chi connectivity index (χ4n) is 2.11. The zero-order valence-corrected chi connectivity index (χ0v) is 14.0. The highest BCUT2D eigenvalue weighted by Crippen LogP contribution is 2.11. The van der Waals surface area contributed by atoms with Gasteiger partial charge in [-0.05, 0) is 38.2 Å². The number of carbonyl (C=O) groups is 1. The van der Waals surface area contributed by atoms with Gasteiger partial charge in [0.25, 0.3) is 0 Å². The van der Waals surface area contributed by atoms with Crippen molar-refractivity contribution in [2.24, 2.45) is 0 Å². The minimum absolute atomic E-state index is 0.0548. The van der Waals surface area contributed by atoms with Crippen molar-refractivity contribution in [2.75, 3.05) is 33.8 Å². The average molecular weight is 316 g/mol. The molecule has 0 bridgehead atoms. The van der Waals surface area contributed by atoms with Gasteiger partial charge in [-0.15, -0.1) is 0 Å². The number of amides is 1. The van der Waals surface area contributed by atoms with Crippen LogP contribution in [0.3, 0.4) is 0 Å². The van der Waals surface area contributed by atoms with Crippen LogP contribution in [0.4, 0.5) is 0 Å². The van der Waals surface area contributed by atoms with Crippen LogP contribution in [-0.4, -0.2) is 49.5 Å². The van der Waals surface area contributed by atoms with Gasteiger partial charge in [-0.1, -0.05) is 17.7 Å². The van der Waals surface area contributed by atoms with Gasteiger partial charge >= 0.3 is 0 Å². The van der Waals surface area contributed by atoms with E-state index < -0.39 is 0 Å². The molecule has 0 atom stereocenters. The smallest absolute Gasteiger partial charge is 0.236 e. The number of likely N-dealkylation sites (N-methyl/N-ethyl adjacent to an activating group) is 2. The molecule has 5 heteroatoms. The predicted octanol–water partition coefficient (Wildman–Crippen LogP) is 2.56. The Hall–Kier alpha value is -2.27. The molecule has 23 heavy (non-hydrogen) atoms. The molecule has 2 aromatic rings. The van der Waals surface area contributed by atoms with E-state index in [9.17, 15) is 4.79 Å². The SMILES string of the molecule is Cc1ccc(OCCN(C)CC(=O)N(C)Cc2ccco2)cc1. The zero-order valence-electron chi connectivity index (χ0n) is 14.0. The van der Waals surface area contributed by atoms with Gasteiger partial charge in [0.15, 0.2) is 0 Å². The first-order chi connectivity index (χ1) is 11.0. The van der Waals surface area contributed by atoms with Crippen molar-refractivity contribution >= 4 is 5.91 Å². The molecule has 1 aromatic heterocycles. The van der Waals surface area contributed by atoms with Crippen LogP contribution in [0.5, 0.6) is 5.75 Å². The first-order valence-corrected chi connectivity index (χ1v) is 7.69. The van der Waals surface area contributed by atoms with E-state index >= 15 is 0 Å². The van der Waals surface area contributed by atoms with Gasteiger partial charge < -0.3 is 14.1 Å². The number of carbonyl (C=O) groups excluding carboxylic acids is 1. The van der Waals surface area contributed by atoms with Crippen molar-refractivity contribution in [1.29, 1.82) is 0 Å². The van der Waals surface area contributed by atoms with Crippen molar-refractivity contribution in [3.05, 3.63) is 54.0 Å². The van der Waals surface area contributed by atoms with Crippen LogP contribution in [0.1, 0.15) is 11.3 Å². The highest BCUT2D eigenvalue weighted by molar-refractivity contribution is 5.77. The molecule has 2 rings (SSSR count). The van der Waals surface area contributed by atoms with E-state index in [0.29, 0.717) is 26.2 Å². The first-order valence-electron chi connectivity index (χ1n) is 7.69. The Morgan fingerprint density at radius 3 is 2.57 bits per heavy atom. The van der Waals surface area contributed by atoms with Gasteiger partial charge in [0, 0.05) is 13.6 Å². The maximum absolute atomic E-state index is 12.2. The van der Waals surface area contributed by atoms with Crippen LogP contribution in [0.2, 0.25) is 0 Å². The number of ether oxygens (including phenoxy) is 1. The Balaban J connectivity index is 1.68. The number of furan rings is 1. The number of rotatable bonds is 8. The molecule has 0 N–H and O–H groups in total. The Kier molecular flexibility index (Phi) is 6.23. The molecule has 0 aliphatic rings. The highest BCUT2D eigenvalue weighted by atomic mass is 16.5. The Bertz CT molecular complexity index is 593. The van der Waals surface area contributed by atoms with Gasteiger partial charge in [0.05, 0.1) is 19.4 Å². The third kappa shape index (κ3) is 5.79. The average Bonchev–Trinajstić information content (AvgIpc) is 3.02. The minimum Gasteiger partial charge on any atom is -0.492 e. The van der Waals surface area contributed by atoms with E-state index in [1.54, 1.807) is 18.2 Å². The second kappa shape index (κ2) is 8.39. The molecule has 0 aliphatic carbocycles. The Labute approximate surface area is 137 Å². The van der Waals surface area contributed by atoms with Crippen LogP contribution in [0, 0.1) is 6.92 Å². The molecule has 1 heterocycles. The lowest BCUT2D eigenvalue weighted by atomic mass is 10.2.